The van der Waals surface area contributed by atoms with Crippen LogP contribution in [-0.4, -0.2) is 29.7 Å². The molecular formula is C16H25NO2S. The second-order valence-electron chi connectivity index (χ2n) is 6.50. The quantitative estimate of drug-likeness (QED) is 0.824. The van der Waals surface area contributed by atoms with Crippen LogP contribution in [0.3, 0.4) is 0 Å². The molecule has 0 bridgehead atoms. The van der Waals surface area contributed by atoms with Crippen molar-refractivity contribution in [3.05, 3.63) is 21.4 Å². The molecule has 1 amide bonds. The van der Waals surface area contributed by atoms with Crippen LogP contribution < -0.4 is 0 Å². The number of hydrogen-bond donors (Lipinski definition) is 0. The van der Waals surface area contributed by atoms with Gasteiger partial charge in [-0.3, -0.25) is 0 Å². The van der Waals surface area contributed by atoms with Gasteiger partial charge < -0.3 is 9.64 Å². The van der Waals surface area contributed by atoms with E-state index < -0.39 is 5.60 Å². The van der Waals surface area contributed by atoms with Crippen LogP contribution >= 0.6 is 11.3 Å². The number of thiophene rings is 1. The van der Waals surface area contributed by atoms with E-state index >= 15 is 0 Å². The van der Waals surface area contributed by atoms with Gasteiger partial charge in [-0.05, 0) is 63.0 Å². The van der Waals surface area contributed by atoms with Gasteiger partial charge in [-0.1, -0.05) is 6.92 Å². The minimum atomic E-state index is -0.428. The highest BCUT2D eigenvalue weighted by atomic mass is 32.1. The van der Waals surface area contributed by atoms with Crippen molar-refractivity contribution in [2.45, 2.75) is 65.0 Å². The lowest BCUT2D eigenvalue weighted by Gasteiger charge is -2.33. The molecule has 0 aromatic carbocycles. The molecule has 0 N–H and O–H groups in total. The number of fused-ring (bicyclic) bond motifs is 1. The summed E-state index contributed by atoms with van der Waals surface area (Å²) >= 11 is 1.86. The monoisotopic (exact) mass is 295 g/mol. The molecule has 0 saturated carbocycles. The summed E-state index contributed by atoms with van der Waals surface area (Å²) in [5, 5.41) is 2.27. The number of aryl methyl sites for hydroxylation is 1. The molecule has 3 nitrogen and oxygen atoms in total. The van der Waals surface area contributed by atoms with E-state index in [0.29, 0.717) is 0 Å². The third-order valence-electron chi connectivity index (χ3n) is 3.80. The fourth-order valence-electron chi connectivity index (χ4n) is 2.71. The molecule has 1 aliphatic carbocycles. The number of hydrogen-bond acceptors (Lipinski definition) is 3. The first-order valence-corrected chi connectivity index (χ1v) is 8.23. The van der Waals surface area contributed by atoms with E-state index in [1.807, 2.05) is 39.2 Å². The molecular weight excluding hydrogens is 270 g/mol. The molecule has 1 heterocycles. The van der Waals surface area contributed by atoms with E-state index in [1.54, 1.807) is 4.90 Å². The average Bonchev–Trinajstić information content (AvgIpc) is 2.77. The zero-order chi connectivity index (χ0) is 14.9. The van der Waals surface area contributed by atoms with E-state index in [4.69, 9.17) is 4.74 Å². The fraction of sp³-hybridized carbons (Fsp3) is 0.688. The van der Waals surface area contributed by atoms with E-state index in [2.05, 4.69) is 12.3 Å². The van der Waals surface area contributed by atoms with Crippen molar-refractivity contribution in [1.82, 2.24) is 4.90 Å². The molecule has 1 aromatic heterocycles. The Balaban J connectivity index is 2.03. The first kappa shape index (κ1) is 15.4. The summed E-state index contributed by atoms with van der Waals surface area (Å²) in [4.78, 5) is 15.4. The number of carbonyl (C=O) groups excluding carboxylic acids is 1. The topological polar surface area (TPSA) is 29.5 Å². The summed E-state index contributed by atoms with van der Waals surface area (Å²) in [6, 6.07) is 0.261. The molecule has 0 fully saturated rings. The Hall–Kier alpha value is -1.03. The maximum atomic E-state index is 12.1. The van der Waals surface area contributed by atoms with Crippen LogP contribution in [0.25, 0.3) is 0 Å². The Morgan fingerprint density at radius 2 is 2.20 bits per heavy atom. The highest BCUT2D eigenvalue weighted by Crippen LogP contribution is 2.32. The van der Waals surface area contributed by atoms with Gasteiger partial charge in [0, 0.05) is 18.0 Å². The Morgan fingerprint density at radius 1 is 1.50 bits per heavy atom. The van der Waals surface area contributed by atoms with Gasteiger partial charge in [0.05, 0.1) is 0 Å². The standard InChI is InChI=1S/C16H25NO2S/c1-6-14-13-8-7-12(9-11(13)10-20-14)17(5)15(18)19-16(2,3)4/h10,12H,6-9H2,1-5H3. The number of rotatable bonds is 2. The predicted octanol–water partition coefficient (Wildman–Crippen LogP) is 4.03. The molecule has 0 radical (unpaired) electrons. The average molecular weight is 295 g/mol. The summed E-state index contributed by atoms with van der Waals surface area (Å²) in [5.41, 5.74) is 2.54. The molecule has 1 atom stereocenters. The maximum Gasteiger partial charge on any atom is 0.410 e. The van der Waals surface area contributed by atoms with Gasteiger partial charge in [-0.15, -0.1) is 11.3 Å². The number of amides is 1. The molecule has 0 aliphatic heterocycles. The molecule has 2 rings (SSSR count). The second kappa shape index (κ2) is 5.76. The molecule has 4 heteroatoms. The first-order chi connectivity index (χ1) is 9.31. The first-order valence-electron chi connectivity index (χ1n) is 7.35. The summed E-state index contributed by atoms with van der Waals surface area (Å²) in [7, 11) is 1.86. The van der Waals surface area contributed by atoms with Crippen molar-refractivity contribution in [2.75, 3.05) is 7.05 Å². The zero-order valence-corrected chi connectivity index (χ0v) is 14.0. The molecule has 1 aromatic rings. The lowest BCUT2D eigenvalue weighted by Crippen LogP contribution is -2.43. The van der Waals surface area contributed by atoms with Crippen LogP contribution in [0.4, 0.5) is 4.79 Å². The molecule has 0 saturated heterocycles. The van der Waals surface area contributed by atoms with Crippen molar-refractivity contribution < 1.29 is 9.53 Å². The van der Waals surface area contributed by atoms with Gasteiger partial charge >= 0.3 is 6.09 Å². The van der Waals surface area contributed by atoms with Crippen LogP contribution in [0, 0.1) is 0 Å². The van der Waals surface area contributed by atoms with Crippen LogP contribution in [0.15, 0.2) is 5.38 Å². The largest absolute Gasteiger partial charge is 0.444 e. The summed E-state index contributed by atoms with van der Waals surface area (Å²) in [6.45, 7) is 7.93. The van der Waals surface area contributed by atoms with E-state index in [0.717, 1.165) is 25.7 Å². The molecule has 0 spiro atoms. The molecule has 112 valence electrons. The minimum Gasteiger partial charge on any atom is -0.444 e. The van der Waals surface area contributed by atoms with Gasteiger partial charge in [0.2, 0.25) is 0 Å². The Morgan fingerprint density at radius 3 is 2.80 bits per heavy atom. The van der Waals surface area contributed by atoms with E-state index in [9.17, 15) is 4.79 Å². The van der Waals surface area contributed by atoms with Crippen molar-refractivity contribution in [2.24, 2.45) is 0 Å². The van der Waals surface area contributed by atoms with Crippen LogP contribution in [-0.2, 0) is 24.0 Å². The molecule has 1 unspecified atom stereocenters. The maximum absolute atomic E-state index is 12.1. The van der Waals surface area contributed by atoms with Gasteiger partial charge in [-0.2, -0.15) is 0 Å². The number of carbonyl (C=O) groups is 1. The van der Waals surface area contributed by atoms with E-state index in [-0.39, 0.29) is 12.1 Å². The van der Waals surface area contributed by atoms with Gasteiger partial charge in [-0.25, -0.2) is 4.79 Å². The highest BCUT2D eigenvalue weighted by molar-refractivity contribution is 7.10. The Labute approximate surface area is 125 Å². The van der Waals surface area contributed by atoms with Gasteiger partial charge in [0.15, 0.2) is 0 Å². The van der Waals surface area contributed by atoms with Crippen LogP contribution in [0.5, 0.6) is 0 Å². The SMILES string of the molecule is CCc1scc2c1CCC(N(C)C(=O)OC(C)(C)C)C2. The number of likely N-dealkylation sites (N-methyl/N-ethyl adjacent to an activating group) is 1. The van der Waals surface area contributed by atoms with Gasteiger partial charge in [0.1, 0.15) is 5.60 Å². The lowest BCUT2D eigenvalue weighted by atomic mass is 9.89. The van der Waals surface area contributed by atoms with Gasteiger partial charge in [0.25, 0.3) is 0 Å². The van der Waals surface area contributed by atoms with Crippen molar-refractivity contribution in [1.29, 1.82) is 0 Å². The minimum absolute atomic E-state index is 0.211. The zero-order valence-electron chi connectivity index (χ0n) is 13.2. The smallest absolute Gasteiger partial charge is 0.410 e. The highest BCUT2D eigenvalue weighted by Gasteiger charge is 2.29. The van der Waals surface area contributed by atoms with Crippen LogP contribution in [0.2, 0.25) is 0 Å². The molecule has 1 aliphatic rings. The number of ether oxygens (including phenoxy) is 1. The normalized spacial score (nSPS) is 18.6. The second-order valence-corrected chi connectivity index (χ2v) is 7.47. The fourth-order valence-corrected chi connectivity index (χ4v) is 3.78. The van der Waals surface area contributed by atoms with E-state index in [1.165, 1.54) is 16.0 Å². The third kappa shape index (κ3) is 3.35. The Kier molecular flexibility index (Phi) is 4.43. The molecule has 20 heavy (non-hydrogen) atoms. The summed E-state index contributed by atoms with van der Waals surface area (Å²) in [6.07, 6.45) is 3.98. The Bertz CT molecular complexity index is 487. The third-order valence-corrected chi connectivity index (χ3v) is 5.02. The predicted molar refractivity (Wildman–Crippen MR) is 83.5 cm³/mol. The summed E-state index contributed by atoms with van der Waals surface area (Å²) < 4.78 is 5.46. The van der Waals surface area contributed by atoms with Crippen molar-refractivity contribution >= 4 is 17.4 Å². The van der Waals surface area contributed by atoms with Crippen molar-refractivity contribution in [3.8, 4) is 0 Å². The summed E-state index contributed by atoms with van der Waals surface area (Å²) in [5.74, 6) is 0. The number of nitrogens with zero attached hydrogens (tertiary/aromatic N) is 1. The van der Waals surface area contributed by atoms with Crippen molar-refractivity contribution in [3.63, 3.8) is 0 Å². The van der Waals surface area contributed by atoms with Crippen LogP contribution in [0.1, 0.15) is 50.1 Å². The lowest BCUT2D eigenvalue weighted by molar-refractivity contribution is 0.0210.